The van der Waals surface area contributed by atoms with Crippen LogP contribution < -0.4 is 9.47 Å². The number of esters is 1. The Morgan fingerprint density at radius 1 is 0.857 bits per heavy atom. The third-order valence-corrected chi connectivity index (χ3v) is 9.08. The molecule has 5 nitrogen and oxygen atoms in total. The van der Waals surface area contributed by atoms with Crippen molar-refractivity contribution in [2.75, 3.05) is 6.61 Å². The van der Waals surface area contributed by atoms with Crippen molar-refractivity contribution in [2.45, 2.75) is 117 Å². The molecule has 226 valence electrons. The standard InChI is InChI=1S/C37H50N2O3/c1-4-6-8-12-29-13-15-30(16-14-29)17-18-31-21-24-36(35(27-39)34(31)26-38)42-37(40)32-19-22-33(23-20-32)41-25-10-7-9-11-28(3)5-2/h19-24,28-30H,4-18,25H2,1-3H3. The third-order valence-electron chi connectivity index (χ3n) is 9.08. The minimum absolute atomic E-state index is 0.133. The zero-order valence-electron chi connectivity index (χ0n) is 26.1. The lowest BCUT2D eigenvalue weighted by molar-refractivity contribution is 0.0734. The zero-order valence-corrected chi connectivity index (χ0v) is 26.1. The number of ether oxygens (including phenoxy) is 2. The van der Waals surface area contributed by atoms with E-state index in [1.807, 2.05) is 6.07 Å². The maximum atomic E-state index is 12.9. The van der Waals surface area contributed by atoms with E-state index in [9.17, 15) is 15.3 Å². The number of hydrogen-bond donors (Lipinski definition) is 0. The maximum absolute atomic E-state index is 12.9. The highest BCUT2D eigenvalue weighted by Crippen LogP contribution is 2.35. The van der Waals surface area contributed by atoms with Crippen LogP contribution in [0.25, 0.3) is 0 Å². The topological polar surface area (TPSA) is 83.1 Å². The molecule has 0 aromatic heterocycles. The van der Waals surface area contributed by atoms with Gasteiger partial charge in [0.05, 0.1) is 17.7 Å². The summed E-state index contributed by atoms with van der Waals surface area (Å²) < 4.78 is 11.4. The number of unbranched alkanes of at least 4 members (excludes halogenated alkanes) is 4. The Morgan fingerprint density at radius 3 is 2.19 bits per heavy atom. The second-order valence-electron chi connectivity index (χ2n) is 12.2. The predicted molar refractivity (Wildman–Crippen MR) is 169 cm³/mol. The lowest BCUT2D eigenvalue weighted by Gasteiger charge is -2.28. The average Bonchev–Trinajstić information content (AvgIpc) is 3.02. The van der Waals surface area contributed by atoms with Crippen LogP contribution >= 0.6 is 0 Å². The third kappa shape index (κ3) is 10.5. The summed E-state index contributed by atoms with van der Waals surface area (Å²) in [5.74, 6) is 2.62. The van der Waals surface area contributed by atoms with Crippen LogP contribution in [0.1, 0.15) is 138 Å². The Hall–Kier alpha value is -3.31. The molecule has 0 amide bonds. The molecule has 1 aliphatic carbocycles. The predicted octanol–water partition coefficient (Wildman–Crippen LogP) is 9.95. The van der Waals surface area contributed by atoms with Gasteiger partial charge in [0.2, 0.25) is 0 Å². The first-order valence-corrected chi connectivity index (χ1v) is 16.4. The fraction of sp³-hybridized carbons (Fsp3) is 0.595. The zero-order chi connectivity index (χ0) is 30.2. The highest BCUT2D eigenvalue weighted by atomic mass is 16.5. The number of carbonyl (C=O) groups is 1. The van der Waals surface area contributed by atoms with Gasteiger partial charge in [-0.25, -0.2) is 4.79 Å². The van der Waals surface area contributed by atoms with E-state index in [1.54, 1.807) is 30.3 Å². The molecule has 0 radical (unpaired) electrons. The molecule has 0 aliphatic heterocycles. The van der Waals surface area contributed by atoms with Crippen LogP contribution in [-0.4, -0.2) is 12.6 Å². The van der Waals surface area contributed by atoms with E-state index < -0.39 is 5.97 Å². The molecule has 2 aromatic carbocycles. The second kappa shape index (κ2) is 18.3. The average molecular weight is 571 g/mol. The first kappa shape index (κ1) is 33.2. The molecule has 1 unspecified atom stereocenters. The van der Waals surface area contributed by atoms with E-state index in [-0.39, 0.29) is 11.3 Å². The van der Waals surface area contributed by atoms with Crippen LogP contribution in [0.5, 0.6) is 11.5 Å². The van der Waals surface area contributed by atoms with Crippen molar-refractivity contribution < 1.29 is 14.3 Å². The van der Waals surface area contributed by atoms with Crippen molar-refractivity contribution in [1.82, 2.24) is 0 Å². The highest BCUT2D eigenvalue weighted by molar-refractivity contribution is 5.91. The first-order valence-electron chi connectivity index (χ1n) is 16.4. The van der Waals surface area contributed by atoms with Gasteiger partial charge in [-0.1, -0.05) is 104 Å². The Balaban J connectivity index is 1.50. The summed E-state index contributed by atoms with van der Waals surface area (Å²) in [6, 6.07) is 14.7. The molecule has 0 saturated heterocycles. The number of carbonyl (C=O) groups excluding carboxylic acids is 1. The summed E-state index contributed by atoms with van der Waals surface area (Å²) >= 11 is 0. The Kier molecular flexibility index (Phi) is 14.4. The van der Waals surface area contributed by atoms with Crippen LogP contribution in [0.4, 0.5) is 0 Å². The van der Waals surface area contributed by atoms with E-state index in [2.05, 4.69) is 32.9 Å². The summed E-state index contributed by atoms with van der Waals surface area (Å²) in [7, 11) is 0. The van der Waals surface area contributed by atoms with Crippen LogP contribution in [-0.2, 0) is 6.42 Å². The van der Waals surface area contributed by atoms with Gasteiger partial charge in [0.1, 0.15) is 29.2 Å². The van der Waals surface area contributed by atoms with Crippen molar-refractivity contribution in [2.24, 2.45) is 17.8 Å². The molecule has 1 atom stereocenters. The smallest absolute Gasteiger partial charge is 0.343 e. The van der Waals surface area contributed by atoms with Gasteiger partial charge < -0.3 is 9.47 Å². The van der Waals surface area contributed by atoms with Gasteiger partial charge in [-0.05, 0) is 72.9 Å². The fourth-order valence-corrected chi connectivity index (χ4v) is 6.02. The lowest BCUT2D eigenvalue weighted by Crippen LogP contribution is -2.15. The van der Waals surface area contributed by atoms with E-state index >= 15 is 0 Å². The van der Waals surface area contributed by atoms with Crippen LogP contribution in [0.15, 0.2) is 36.4 Å². The van der Waals surface area contributed by atoms with E-state index in [4.69, 9.17) is 9.47 Å². The van der Waals surface area contributed by atoms with Crippen molar-refractivity contribution in [3.8, 4) is 23.6 Å². The first-order chi connectivity index (χ1) is 20.5. The van der Waals surface area contributed by atoms with Gasteiger partial charge in [0.15, 0.2) is 0 Å². The fourth-order valence-electron chi connectivity index (χ4n) is 6.02. The summed E-state index contributed by atoms with van der Waals surface area (Å²) in [6.07, 6.45) is 18.1. The van der Waals surface area contributed by atoms with Crippen molar-refractivity contribution in [1.29, 1.82) is 10.5 Å². The monoisotopic (exact) mass is 570 g/mol. The van der Waals surface area contributed by atoms with Crippen molar-refractivity contribution in [3.63, 3.8) is 0 Å². The highest BCUT2D eigenvalue weighted by Gasteiger charge is 2.22. The molecule has 1 aliphatic rings. The van der Waals surface area contributed by atoms with E-state index in [0.717, 1.165) is 43.1 Å². The van der Waals surface area contributed by atoms with Crippen LogP contribution in [0.3, 0.4) is 0 Å². The number of nitrogens with zero attached hydrogens (tertiary/aromatic N) is 2. The largest absolute Gasteiger partial charge is 0.494 e. The molecule has 0 spiro atoms. The van der Waals surface area contributed by atoms with Gasteiger partial charge in [0, 0.05) is 0 Å². The molecule has 0 bridgehead atoms. The van der Waals surface area contributed by atoms with E-state index in [1.165, 1.54) is 70.6 Å². The maximum Gasteiger partial charge on any atom is 0.343 e. The second-order valence-corrected chi connectivity index (χ2v) is 12.2. The normalized spacial score (nSPS) is 17.2. The molecule has 1 fully saturated rings. The van der Waals surface area contributed by atoms with Gasteiger partial charge in [-0.3, -0.25) is 0 Å². The number of rotatable bonds is 17. The molecule has 0 heterocycles. The number of hydrogen-bond acceptors (Lipinski definition) is 5. The van der Waals surface area contributed by atoms with Crippen LogP contribution in [0.2, 0.25) is 0 Å². The SMILES string of the molecule is CCCCCC1CCC(CCc2ccc(OC(=O)c3ccc(OCCCCCC(C)CC)cc3)c(C#N)c2C#N)CC1. The minimum Gasteiger partial charge on any atom is -0.494 e. The Bertz CT molecular complexity index is 1180. The van der Waals surface area contributed by atoms with Gasteiger partial charge >= 0.3 is 5.97 Å². The van der Waals surface area contributed by atoms with E-state index in [0.29, 0.717) is 29.4 Å². The summed E-state index contributed by atoms with van der Waals surface area (Å²) in [6.45, 7) is 7.44. The summed E-state index contributed by atoms with van der Waals surface area (Å²) in [5, 5.41) is 19.8. The van der Waals surface area contributed by atoms with Crippen LogP contribution in [0, 0.1) is 40.4 Å². The summed E-state index contributed by atoms with van der Waals surface area (Å²) in [5.41, 5.74) is 1.69. The minimum atomic E-state index is -0.560. The molecule has 3 rings (SSSR count). The number of nitriles is 2. The summed E-state index contributed by atoms with van der Waals surface area (Å²) in [4.78, 5) is 12.9. The Morgan fingerprint density at radius 2 is 1.55 bits per heavy atom. The van der Waals surface area contributed by atoms with Gasteiger partial charge in [-0.2, -0.15) is 10.5 Å². The molecule has 0 N–H and O–H groups in total. The quantitative estimate of drug-likeness (QED) is 0.107. The molecular weight excluding hydrogens is 520 g/mol. The molecule has 1 saturated carbocycles. The lowest BCUT2D eigenvalue weighted by atomic mass is 9.77. The molecular formula is C37H50N2O3. The molecule has 2 aromatic rings. The Labute approximate surface area is 254 Å². The van der Waals surface area contributed by atoms with Gasteiger partial charge in [-0.15, -0.1) is 0 Å². The number of benzene rings is 2. The van der Waals surface area contributed by atoms with Crippen molar-refractivity contribution in [3.05, 3.63) is 58.7 Å². The molecule has 42 heavy (non-hydrogen) atoms. The van der Waals surface area contributed by atoms with Gasteiger partial charge in [0.25, 0.3) is 0 Å². The number of aryl methyl sites for hydroxylation is 1. The van der Waals surface area contributed by atoms with Crippen molar-refractivity contribution >= 4 is 5.97 Å². The molecule has 5 heteroatoms.